The van der Waals surface area contributed by atoms with Crippen LogP contribution in [0.2, 0.25) is 0 Å². The van der Waals surface area contributed by atoms with Crippen molar-refractivity contribution in [3.8, 4) is 0 Å². The van der Waals surface area contributed by atoms with Crippen LogP contribution in [0.3, 0.4) is 0 Å². The monoisotopic (exact) mass is 268 g/mol. The van der Waals surface area contributed by atoms with Crippen molar-refractivity contribution < 1.29 is 19.2 Å². The van der Waals surface area contributed by atoms with Gasteiger partial charge in [-0.2, -0.15) is 0 Å². The normalized spacial score (nSPS) is 23.0. The predicted octanol–water partition coefficient (Wildman–Crippen LogP) is 1.47. The van der Waals surface area contributed by atoms with Gasteiger partial charge in [0.05, 0.1) is 12.2 Å². The molecule has 0 saturated heterocycles. The zero-order valence-electron chi connectivity index (χ0n) is 10.4. The molecule has 2 N–H and O–H groups in total. The molecule has 1 saturated carbocycles. The van der Waals surface area contributed by atoms with Gasteiger partial charge in [0.2, 0.25) is 0 Å². The van der Waals surface area contributed by atoms with E-state index >= 15 is 0 Å². The van der Waals surface area contributed by atoms with Crippen LogP contribution in [0.25, 0.3) is 0 Å². The molecule has 1 aromatic heterocycles. The van der Waals surface area contributed by atoms with Gasteiger partial charge in [0, 0.05) is 6.54 Å². The summed E-state index contributed by atoms with van der Waals surface area (Å²) in [4.78, 5) is 21.5. The average Bonchev–Trinajstić information content (AvgIpc) is 2.87. The van der Waals surface area contributed by atoms with Gasteiger partial charge in [-0.1, -0.05) is 0 Å². The molecule has 7 nitrogen and oxygen atoms in total. The molecule has 1 aromatic rings. The highest BCUT2D eigenvalue weighted by molar-refractivity contribution is 5.91. The Morgan fingerprint density at radius 2 is 2.11 bits per heavy atom. The first kappa shape index (κ1) is 13.5. The summed E-state index contributed by atoms with van der Waals surface area (Å²) in [5.74, 6) is -0.593. The van der Waals surface area contributed by atoms with Gasteiger partial charge in [-0.25, -0.2) is 0 Å². The first-order valence-corrected chi connectivity index (χ1v) is 6.26. The summed E-state index contributed by atoms with van der Waals surface area (Å²) in [5, 5.41) is 22.5. The lowest BCUT2D eigenvalue weighted by Crippen LogP contribution is -2.31. The topological polar surface area (TPSA) is 106 Å². The standard InChI is InChI=1S/C12H16N2O5/c15-9-3-1-8(2-4-9)7-13-12(16)10-5-6-11(19-10)14(17)18/h5-6,8-9,15H,1-4,7H2,(H,13,16). The minimum atomic E-state index is -0.681. The largest absolute Gasteiger partial charge is 0.433 e. The minimum Gasteiger partial charge on any atom is -0.395 e. The van der Waals surface area contributed by atoms with Crippen LogP contribution >= 0.6 is 0 Å². The number of nitro groups is 1. The van der Waals surface area contributed by atoms with E-state index in [1.807, 2.05) is 0 Å². The van der Waals surface area contributed by atoms with Crippen LogP contribution in [0.1, 0.15) is 36.2 Å². The molecular formula is C12H16N2O5. The number of hydrogen-bond donors (Lipinski definition) is 2. The number of carbonyl (C=O) groups excluding carboxylic acids is 1. The zero-order chi connectivity index (χ0) is 13.8. The summed E-state index contributed by atoms with van der Waals surface area (Å²) in [6.07, 6.45) is 3.04. The van der Waals surface area contributed by atoms with Crippen molar-refractivity contribution in [3.05, 3.63) is 28.0 Å². The van der Waals surface area contributed by atoms with Gasteiger partial charge in [0.1, 0.15) is 4.92 Å². The molecule has 19 heavy (non-hydrogen) atoms. The molecule has 7 heteroatoms. The van der Waals surface area contributed by atoms with Crippen molar-refractivity contribution in [2.24, 2.45) is 5.92 Å². The third kappa shape index (κ3) is 3.54. The van der Waals surface area contributed by atoms with E-state index in [1.54, 1.807) is 0 Å². The molecule has 1 heterocycles. The van der Waals surface area contributed by atoms with E-state index in [9.17, 15) is 20.0 Å². The SMILES string of the molecule is O=C(NCC1CCC(O)CC1)c1ccc([N+](=O)[O-])o1. The highest BCUT2D eigenvalue weighted by Crippen LogP contribution is 2.23. The average molecular weight is 268 g/mol. The van der Waals surface area contributed by atoms with E-state index in [1.165, 1.54) is 6.07 Å². The second-order valence-electron chi connectivity index (χ2n) is 4.78. The summed E-state index contributed by atoms with van der Waals surface area (Å²) >= 11 is 0. The van der Waals surface area contributed by atoms with Gasteiger partial charge in [-0.15, -0.1) is 0 Å². The Bertz CT molecular complexity index is 462. The van der Waals surface area contributed by atoms with Crippen molar-refractivity contribution in [2.45, 2.75) is 31.8 Å². The van der Waals surface area contributed by atoms with E-state index in [0.717, 1.165) is 31.7 Å². The van der Waals surface area contributed by atoms with E-state index in [0.29, 0.717) is 12.5 Å². The Morgan fingerprint density at radius 1 is 1.42 bits per heavy atom. The van der Waals surface area contributed by atoms with E-state index in [-0.39, 0.29) is 11.9 Å². The summed E-state index contributed by atoms with van der Waals surface area (Å²) in [5.41, 5.74) is 0. The van der Waals surface area contributed by atoms with E-state index < -0.39 is 16.7 Å². The lowest BCUT2D eigenvalue weighted by molar-refractivity contribution is -0.402. The van der Waals surface area contributed by atoms with E-state index in [2.05, 4.69) is 5.32 Å². The second-order valence-corrected chi connectivity index (χ2v) is 4.78. The van der Waals surface area contributed by atoms with Crippen molar-refractivity contribution in [1.29, 1.82) is 0 Å². The van der Waals surface area contributed by atoms with Crippen LogP contribution in [0.4, 0.5) is 5.88 Å². The van der Waals surface area contributed by atoms with Crippen molar-refractivity contribution >= 4 is 11.8 Å². The number of furan rings is 1. The molecule has 1 amide bonds. The molecule has 0 spiro atoms. The molecule has 2 rings (SSSR count). The second kappa shape index (κ2) is 5.83. The smallest absolute Gasteiger partial charge is 0.395 e. The van der Waals surface area contributed by atoms with Crippen LogP contribution in [-0.4, -0.2) is 28.6 Å². The highest BCUT2D eigenvalue weighted by atomic mass is 16.6. The number of hydrogen-bond acceptors (Lipinski definition) is 5. The van der Waals surface area contributed by atoms with Crippen molar-refractivity contribution in [1.82, 2.24) is 5.32 Å². The van der Waals surface area contributed by atoms with E-state index in [4.69, 9.17) is 4.42 Å². The van der Waals surface area contributed by atoms with Crippen molar-refractivity contribution in [3.63, 3.8) is 0 Å². The van der Waals surface area contributed by atoms with Gasteiger partial charge in [-0.05, 0) is 37.7 Å². The molecular weight excluding hydrogens is 252 g/mol. The Morgan fingerprint density at radius 3 is 2.68 bits per heavy atom. The molecule has 0 radical (unpaired) electrons. The number of carbonyl (C=O) groups is 1. The van der Waals surface area contributed by atoms with Crippen molar-refractivity contribution in [2.75, 3.05) is 6.54 Å². The maximum absolute atomic E-state index is 11.7. The molecule has 0 aliphatic heterocycles. The third-order valence-corrected chi connectivity index (χ3v) is 3.36. The van der Waals surface area contributed by atoms with Gasteiger partial charge in [0.25, 0.3) is 5.91 Å². The summed E-state index contributed by atoms with van der Waals surface area (Å²) in [6, 6.07) is 2.45. The maximum Gasteiger partial charge on any atom is 0.433 e. The minimum absolute atomic E-state index is 0.0532. The molecule has 104 valence electrons. The number of nitrogens with zero attached hydrogens (tertiary/aromatic N) is 1. The lowest BCUT2D eigenvalue weighted by atomic mass is 9.87. The Balaban J connectivity index is 1.82. The number of aliphatic hydroxyl groups is 1. The fourth-order valence-corrected chi connectivity index (χ4v) is 2.22. The molecule has 0 bridgehead atoms. The van der Waals surface area contributed by atoms with Gasteiger partial charge in [-0.3, -0.25) is 14.9 Å². The number of aliphatic hydroxyl groups excluding tert-OH is 1. The zero-order valence-corrected chi connectivity index (χ0v) is 10.4. The highest BCUT2D eigenvalue weighted by Gasteiger charge is 2.21. The lowest BCUT2D eigenvalue weighted by Gasteiger charge is -2.25. The molecule has 1 aliphatic carbocycles. The number of amides is 1. The summed E-state index contributed by atoms with van der Waals surface area (Å²) in [7, 11) is 0. The Labute approximate surface area is 109 Å². The molecule has 0 unspecified atom stereocenters. The molecule has 0 atom stereocenters. The van der Waals surface area contributed by atoms with Crippen LogP contribution < -0.4 is 5.32 Å². The van der Waals surface area contributed by atoms with Crippen LogP contribution in [0.5, 0.6) is 0 Å². The Kier molecular flexibility index (Phi) is 4.16. The first-order valence-electron chi connectivity index (χ1n) is 6.26. The number of rotatable bonds is 4. The number of nitrogens with one attached hydrogen (secondary N) is 1. The third-order valence-electron chi connectivity index (χ3n) is 3.36. The fraction of sp³-hybridized carbons (Fsp3) is 0.583. The fourth-order valence-electron chi connectivity index (χ4n) is 2.22. The predicted molar refractivity (Wildman–Crippen MR) is 65.7 cm³/mol. The quantitative estimate of drug-likeness (QED) is 0.635. The maximum atomic E-state index is 11.7. The molecule has 1 aliphatic rings. The van der Waals surface area contributed by atoms with Gasteiger partial charge in [0.15, 0.2) is 5.76 Å². The van der Waals surface area contributed by atoms with Crippen LogP contribution in [-0.2, 0) is 0 Å². The molecule has 0 aromatic carbocycles. The Hall–Kier alpha value is -1.89. The van der Waals surface area contributed by atoms with Gasteiger partial charge < -0.3 is 14.8 Å². The summed E-state index contributed by atoms with van der Waals surface area (Å²) < 4.78 is 4.81. The van der Waals surface area contributed by atoms with Crippen LogP contribution in [0, 0.1) is 16.0 Å². The van der Waals surface area contributed by atoms with Gasteiger partial charge >= 0.3 is 5.88 Å². The summed E-state index contributed by atoms with van der Waals surface area (Å²) in [6.45, 7) is 0.500. The molecule has 1 fully saturated rings. The first-order chi connectivity index (χ1) is 9.06. The van der Waals surface area contributed by atoms with Crippen LogP contribution in [0.15, 0.2) is 16.5 Å².